The van der Waals surface area contributed by atoms with Crippen molar-refractivity contribution in [2.45, 2.75) is 26.4 Å². The number of hydrogen-bond donors (Lipinski definition) is 2. The Hall–Kier alpha value is -2.53. The molecule has 0 aliphatic carbocycles. The molecule has 0 saturated carbocycles. The van der Waals surface area contributed by atoms with Gasteiger partial charge < -0.3 is 4.74 Å². The smallest absolute Gasteiger partial charge is 0.412 e. The van der Waals surface area contributed by atoms with E-state index >= 15 is 0 Å². The Kier molecular flexibility index (Phi) is 5.82. The molecule has 0 saturated heterocycles. The molecule has 5 nitrogen and oxygen atoms in total. The van der Waals surface area contributed by atoms with Gasteiger partial charge in [0.25, 0.3) is 0 Å². The normalized spacial score (nSPS) is 11.3. The molecule has 0 unspecified atom stereocenters. The van der Waals surface area contributed by atoms with Gasteiger partial charge in [-0.25, -0.2) is 4.79 Å². The highest BCUT2D eigenvalue weighted by atomic mass is 35.5. The molecule has 0 aromatic heterocycles. The summed E-state index contributed by atoms with van der Waals surface area (Å²) in [6.07, 6.45) is 1.01. The summed E-state index contributed by atoms with van der Waals surface area (Å²) in [7, 11) is 0. The maximum Gasteiger partial charge on any atom is 0.412 e. The largest absolute Gasteiger partial charge is 0.444 e. The number of carbonyl (C=O) groups excluding carboxylic acids is 1. The van der Waals surface area contributed by atoms with E-state index < -0.39 is 11.7 Å². The van der Waals surface area contributed by atoms with Crippen LogP contribution in [0.4, 0.5) is 16.2 Å². The zero-order chi connectivity index (χ0) is 17.6. The van der Waals surface area contributed by atoms with Gasteiger partial charge in [-0.2, -0.15) is 5.10 Å². The van der Waals surface area contributed by atoms with Gasteiger partial charge >= 0.3 is 6.09 Å². The van der Waals surface area contributed by atoms with Gasteiger partial charge in [-0.1, -0.05) is 35.9 Å². The molecule has 6 heteroatoms. The number of anilines is 2. The summed E-state index contributed by atoms with van der Waals surface area (Å²) in [5.74, 6) is 0. The van der Waals surface area contributed by atoms with E-state index in [9.17, 15) is 4.79 Å². The van der Waals surface area contributed by atoms with Crippen molar-refractivity contribution in [3.05, 3.63) is 59.1 Å². The van der Waals surface area contributed by atoms with Crippen molar-refractivity contribution in [1.29, 1.82) is 0 Å². The van der Waals surface area contributed by atoms with Gasteiger partial charge in [-0.15, -0.1) is 0 Å². The fraction of sp³-hybridized carbons (Fsp3) is 0.222. The number of hydrazone groups is 1. The van der Waals surface area contributed by atoms with Crippen LogP contribution in [0.25, 0.3) is 0 Å². The van der Waals surface area contributed by atoms with Crippen LogP contribution >= 0.6 is 11.6 Å². The molecule has 2 rings (SSSR count). The molecule has 24 heavy (non-hydrogen) atoms. The van der Waals surface area contributed by atoms with Crippen LogP contribution in [0.3, 0.4) is 0 Å². The Balaban J connectivity index is 2.13. The number of ether oxygens (including phenoxy) is 1. The van der Waals surface area contributed by atoms with E-state index in [1.807, 2.05) is 30.3 Å². The average molecular weight is 346 g/mol. The predicted octanol–water partition coefficient (Wildman–Crippen LogP) is 5.13. The molecule has 0 radical (unpaired) electrons. The van der Waals surface area contributed by atoms with E-state index in [1.54, 1.807) is 45.2 Å². The standard InChI is InChI=1S/C18H20ClN3O2/c1-18(2,3)24-17(23)21-16-11-7-10-15(19)14(16)12-20-22-13-8-5-4-6-9-13/h4-12,22H,1-3H3,(H,21,23). The molecule has 2 aromatic carbocycles. The third kappa shape index (κ3) is 5.59. The van der Waals surface area contributed by atoms with E-state index in [2.05, 4.69) is 15.8 Å². The average Bonchev–Trinajstić information content (AvgIpc) is 2.49. The number of nitrogens with one attached hydrogen (secondary N) is 2. The number of nitrogens with zero attached hydrogens (tertiary/aromatic N) is 1. The van der Waals surface area contributed by atoms with Crippen molar-refractivity contribution >= 4 is 35.3 Å². The minimum Gasteiger partial charge on any atom is -0.444 e. The van der Waals surface area contributed by atoms with Crippen LogP contribution in [-0.2, 0) is 4.74 Å². The predicted molar refractivity (Wildman–Crippen MR) is 99.0 cm³/mol. The lowest BCUT2D eigenvalue weighted by Gasteiger charge is -2.20. The summed E-state index contributed by atoms with van der Waals surface area (Å²) < 4.78 is 5.26. The number of amides is 1. The van der Waals surface area contributed by atoms with Crippen LogP contribution in [0, 0.1) is 0 Å². The van der Waals surface area contributed by atoms with Gasteiger partial charge in [0.05, 0.1) is 22.6 Å². The fourth-order valence-electron chi connectivity index (χ4n) is 1.87. The van der Waals surface area contributed by atoms with Gasteiger partial charge in [0.15, 0.2) is 0 Å². The van der Waals surface area contributed by atoms with Crippen molar-refractivity contribution in [3.63, 3.8) is 0 Å². The summed E-state index contributed by atoms with van der Waals surface area (Å²) in [4.78, 5) is 12.0. The minimum atomic E-state index is -0.578. The first kappa shape index (κ1) is 17.8. The molecule has 1 amide bonds. The van der Waals surface area contributed by atoms with Gasteiger partial charge in [-0.3, -0.25) is 10.7 Å². The van der Waals surface area contributed by atoms with Crippen LogP contribution < -0.4 is 10.7 Å². The Morgan fingerprint density at radius 1 is 1.12 bits per heavy atom. The summed E-state index contributed by atoms with van der Waals surface area (Å²) in [6, 6.07) is 14.7. The molecular weight excluding hydrogens is 326 g/mol. The Labute approximate surface area is 146 Å². The zero-order valence-electron chi connectivity index (χ0n) is 13.8. The van der Waals surface area contributed by atoms with Gasteiger partial charge in [-0.05, 0) is 45.0 Å². The van der Waals surface area contributed by atoms with Gasteiger partial charge in [0.1, 0.15) is 5.60 Å². The highest BCUT2D eigenvalue weighted by molar-refractivity contribution is 6.33. The van der Waals surface area contributed by atoms with E-state index in [0.717, 1.165) is 5.69 Å². The van der Waals surface area contributed by atoms with Crippen molar-refractivity contribution in [3.8, 4) is 0 Å². The van der Waals surface area contributed by atoms with Crippen molar-refractivity contribution in [2.24, 2.45) is 5.10 Å². The maximum absolute atomic E-state index is 12.0. The van der Waals surface area contributed by atoms with Crippen LogP contribution in [0.2, 0.25) is 5.02 Å². The summed E-state index contributed by atoms with van der Waals surface area (Å²) in [5.41, 5.74) is 4.29. The molecular formula is C18H20ClN3O2. The van der Waals surface area contributed by atoms with Crippen molar-refractivity contribution in [2.75, 3.05) is 10.7 Å². The summed E-state index contributed by atoms with van der Waals surface area (Å²) >= 11 is 6.22. The van der Waals surface area contributed by atoms with E-state index in [1.165, 1.54) is 0 Å². The maximum atomic E-state index is 12.0. The van der Waals surface area contributed by atoms with Gasteiger partial charge in [0.2, 0.25) is 0 Å². The van der Waals surface area contributed by atoms with Crippen LogP contribution in [0.15, 0.2) is 53.6 Å². The monoisotopic (exact) mass is 345 g/mol. The molecule has 0 heterocycles. The van der Waals surface area contributed by atoms with Crippen LogP contribution in [0.1, 0.15) is 26.3 Å². The third-order valence-electron chi connectivity index (χ3n) is 2.85. The molecule has 2 N–H and O–H groups in total. The number of benzene rings is 2. The summed E-state index contributed by atoms with van der Waals surface area (Å²) in [5, 5.41) is 7.33. The first-order valence-electron chi connectivity index (χ1n) is 7.48. The number of rotatable bonds is 4. The summed E-state index contributed by atoms with van der Waals surface area (Å²) in [6.45, 7) is 5.41. The Bertz CT molecular complexity index is 725. The van der Waals surface area contributed by atoms with Crippen molar-refractivity contribution in [1.82, 2.24) is 0 Å². The highest BCUT2D eigenvalue weighted by Crippen LogP contribution is 2.23. The van der Waals surface area contributed by atoms with E-state index in [4.69, 9.17) is 16.3 Å². The molecule has 0 spiro atoms. The molecule has 2 aromatic rings. The SMILES string of the molecule is CC(C)(C)OC(=O)Nc1cccc(Cl)c1C=NNc1ccccc1. The first-order valence-corrected chi connectivity index (χ1v) is 7.85. The van der Waals surface area contributed by atoms with Crippen LogP contribution in [-0.4, -0.2) is 17.9 Å². The lowest BCUT2D eigenvalue weighted by atomic mass is 10.2. The topological polar surface area (TPSA) is 62.7 Å². The number of carbonyl (C=O) groups is 1. The van der Waals surface area contributed by atoms with Crippen molar-refractivity contribution < 1.29 is 9.53 Å². The van der Waals surface area contributed by atoms with Crippen LogP contribution in [0.5, 0.6) is 0 Å². The first-order chi connectivity index (χ1) is 11.3. The number of halogens is 1. The fourth-order valence-corrected chi connectivity index (χ4v) is 2.10. The quantitative estimate of drug-likeness (QED) is 0.596. The minimum absolute atomic E-state index is 0.474. The number of para-hydroxylation sites is 1. The third-order valence-corrected chi connectivity index (χ3v) is 3.18. The molecule has 0 aliphatic heterocycles. The molecule has 0 fully saturated rings. The second kappa shape index (κ2) is 7.84. The van der Waals surface area contributed by atoms with E-state index in [0.29, 0.717) is 16.3 Å². The Morgan fingerprint density at radius 2 is 1.83 bits per heavy atom. The Morgan fingerprint density at radius 3 is 2.50 bits per heavy atom. The highest BCUT2D eigenvalue weighted by Gasteiger charge is 2.17. The molecule has 126 valence electrons. The second-order valence-corrected chi connectivity index (χ2v) is 6.47. The lowest BCUT2D eigenvalue weighted by molar-refractivity contribution is 0.0636. The molecule has 0 atom stereocenters. The van der Waals surface area contributed by atoms with Gasteiger partial charge in [0, 0.05) is 5.56 Å². The number of hydrogen-bond acceptors (Lipinski definition) is 4. The van der Waals surface area contributed by atoms with E-state index in [-0.39, 0.29) is 0 Å². The molecule has 0 aliphatic rings. The lowest BCUT2D eigenvalue weighted by Crippen LogP contribution is -2.27. The molecule has 0 bridgehead atoms. The zero-order valence-corrected chi connectivity index (χ0v) is 14.6. The second-order valence-electron chi connectivity index (χ2n) is 6.06.